The molecule has 0 saturated carbocycles. The molecule has 1 aliphatic heterocycles. The minimum atomic E-state index is -0.291. The molecule has 0 aliphatic carbocycles. The number of hydrogen-bond donors (Lipinski definition) is 1. The number of para-hydroxylation sites is 2. The molecule has 0 fully saturated rings. The van der Waals surface area contributed by atoms with Crippen molar-refractivity contribution in [3.8, 4) is 5.75 Å². The highest BCUT2D eigenvalue weighted by Gasteiger charge is 2.28. The number of fused-ring (bicyclic) bond motifs is 1. The third-order valence-corrected chi connectivity index (χ3v) is 4.01. The monoisotopic (exact) mass is 324 g/mol. The fourth-order valence-corrected chi connectivity index (χ4v) is 2.69. The largest absolute Gasteiger partial charge is 0.484 e. The molecular formula is C19H20N2O3. The molecule has 124 valence electrons. The molecule has 5 nitrogen and oxygen atoms in total. The Hall–Kier alpha value is -2.82. The zero-order valence-electron chi connectivity index (χ0n) is 13.8. The van der Waals surface area contributed by atoms with Gasteiger partial charge in [0.05, 0.1) is 17.3 Å². The van der Waals surface area contributed by atoms with Crippen LogP contribution in [0.5, 0.6) is 5.75 Å². The topological polar surface area (TPSA) is 58.6 Å². The second kappa shape index (κ2) is 6.74. The van der Waals surface area contributed by atoms with Crippen molar-refractivity contribution in [1.29, 1.82) is 0 Å². The maximum absolute atomic E-state index is 12.7. The van der Waals surface area contributed by atoms with E-state index in [1.807, 2.05) is 56.3 Å². The molecule has 2 aromatic carbocycles. The van der Waals surface area contributed by atoms with E-state index in [2.05, 4.69) is 5.32 Å². The van der Waals surface area contributed by atoms with Crippen LogP contribution in [0.15, 0.2) is 48.5 Å². The van der Waals surface area contributed by atoms with Crippen LogP contribution < -0.4 is 15.0 Å². The van der Waals surface area contributed by atoms with Crippen LogP contribution in [-0.2, 0) is 9.59 Å². The van der Waals surface area contributed by atoms with Crippen LogP contribution in [0.25, 0.3) is 0 Å². The van der Waals surface area contributed by atoms with Crippen molar-refractivity contribution in [3.63, 3.8) is 0 Å². The van der Waals surface area contributed by atoms with E-state index in [0.29, 0.717) is 23.7 Å². The van der Waals surface area contributed by atoms with E-state index >= 15 is 0 Å². The van der Waals surface area contributed by atoms with Crippen molar-refractivity contribution in [1.82, 2.24) is 0 Å². The Balaban J connectivity index is 1.79. The lowest BCUT2D eigenvalue weighted by Gasteiger charge is -2.23. The minimum Gasteiger partial charge on any atom is -0.484 e. The first-order chi connectivity index (χ1) is 11.5. The van der Waals surface area contributed by atoms with Crippen molar-refractivity contribution in [2.24, 2.45) is 5.92 Å². The van der Waals surface area contributed by atoms with Crippen molar-refractivity contribution < 1.29 is 14.3 Å². The van der Waals surface area contributed by atoms with Gasteiger partial charge in [0.2, 0.25) is 5.91 Å². The van der Waals surface area contributed by atoms with E-state index in [4.69, 9.17) is 4.74 Å². The smallest absolute Gasteiger partial charge is 0.264 e. The Morgan fingerprint density at radius 3 is 2.83 bits per heavy atom. The molecule has 3 rings (SSSR count). The molecule has 0 aromatic heterocycles. The number of aryl methyl sites for hydroxylation is 1. The summed E-state index contributed by atoms with van der Waals surface area (Å²) in [6.45, 7) is 4.04. The number of hydrogen-bond acceptors (Lipinski definition) is 3. The highest BCUT2D eigenvalue weighted by molar-refractivity contribution is 6.04. The number of anilines is 2. The van der Waals surface area contributed by atoms with Crippen LogP contribution in [0.2, 0.25) is 0 Å². The van der Waals surface area contributed by atoms with E-state index in [1.54, 1.807) is 11.0 Å². The molecule has 0 saturated heterocycles. The van der Waals surface area contributed by atoms with Crippen LogP contribution in [0.4, 0.5) is 11.4 Å². The van der Waals surface area contributed by atoms with Crippen molar-refractivity contribution in [2.75, 3.05) is 23.4 Å². The van der Waals surface area contributed by atoms with Gasteiger partial charge in [0, 0.05) is 6.54 Å². The van der Waals surface area contributed by atoms with E-state index in [0.717, 1.165) is 5.56 Å². The van der Waals surface area contributed by atoms with Crippen LogP contribution in [0.3, 0.4) is 0 Å². The van der Waals surface area contributed by atoms with E-state index in [-0.39, 0.29) is 24.3 Å². The van der Waals surface area contributed by atoms with Crippen LogP contribution in [0, 0.1) is 12.8 Å². The standard InChI is InChI=1S/C19H20N2O3/c1-13-6-5-7-15(10-13)24-12-18(22)21-11-14(2)19(23)20-16-8-3-4-9-17(16)21/h3-10,14H,11-12H2,1-2H3,(H,20,23)/t14-/m0/s1. The number of carbonyl (C=O) groups is 2. The highest BCUT2D eigenvalue weighted by atomic mass is 16.5. The lowest BCUT2D eigenvalue weighted by Crippen LogP contribution is -2.38. The molecule has 1 atom stereocenters. The third kappa shape index (κ3) is 3.40. The summed E-state index contributed by atoms with van der Waals surface area (Å²) >= 11 is 0. The fraction of sp³-hybridized carbons (Fsp3) is 0.263. The molecule has 1 N–H and O–H groups in total. The summed E-state index contributed by atoms with van der Waals surface area (Å²) < 4.78 is 5.62. The fourth-order valence-electron chi connectivity index (χ4n) is 2.69. The number of rotatable bonds is 3. The van der Waals surface area contributed by atoms with Gasteiger partial charge in [0.1, 0.15) is 5.75 Å². The number of ether oxygens (including phenoxy) is 1. The predicted molar refractivity (Wildman–Crippen MR) is 93.3 cm³/mol. The molecule has 1 heterocycles. The minimum absolute atomic E-state index is 0.0707. The van der Waals surface area contributed by atoms with Crippen LogP contribution in [-0.4, -0.2) is 25.0 Å². The summed E-state index contributed by atoms with van der Waals surface area (Å²) in [5.41, 5.74) is 2.42. The normalized spacial score (nSPS) is 16.8. The third-order valence-electron chi connectivity index (χ3n) is 4.01. The first-order valence-corrected chi connectivity index (χ1v) is 7.94. The first kappa shape index (κ1) is 16.1. The maximum Gasteiger partial charge on any atom is 0.264 e. The SMILES string of the molecule is Cc1cccc(OCC(=O)N2C[C@H](C)C(=O)Nc3ccccc32)c1. The van der Waals surface area contributed by atoms with Crippen molar-refractivity contribution >= 4 is 23.2 Å². The van der Waals surface area contributed by atoms with E-state index in [9.17, 15) is 9.59 Å². The molecular weight excluding hydrogens is 304 g/mol. The predicted octanol–water partition coefficient (Wildman–Crippen LogP) is 3.00. The number of carbonyl (C=O) groups excluding carboxylic acids is 2. The molecule has 1 aliphatic rings. The number of amides is 2. The highest BCUT2D eigenvalue weighted by Crippen LogP contribution is 2.30. The van der Waals surface area contributed by atoms with E-state index < -0.39 is 0 Å². The molecule has 24 heavy (non-hydrogen) atoms. The summed E-state index contributed by atoms with van der Waals surface area (Å²) in [4.78, 5) is 26.4. The van der Waals surface area contributed by atoms with E-state index in [1.165, 1.54) is 0 Å². The van der Waals surface area contributed by atoms with Gasteiger partial charge in [0.15, 0.2) is 6.61 Å². The zero-order chi connectivity index (χ0) is 17.1. The molecule has 0 bridgehead atoms. The van der Waals surface area contributed by atoms with Gasteiger partial charge in [-0.2, -0.15) is 0 Å². The maximum atomic E-state index is 12.7. The van der Waals surface area contributed by atoms with Gasteiger partial charge in [-0.3, -0.25) is 9.59 Å². The lowest BCUT2D eigenvalue weighted by atomic mass is 10.1. The van der Waals surface area contributed by atoms with Gasteiger partial charge in [-0.05, 0) is 36.8 Å². The Labute approximate surface area is 141 Å². The van der Waals surface area contributed by atoms with Crippen LogP contribution in [0.1, 0.15) is 12.5 Å². The average Bonchev–Trinajstić information content (AvgIpc) is 2.70. The summed E-state index contributed by atoms with van der Waals surface area (Å²) in [6, 6.07) is 14.9. The summed E-state index contributed by atoms with van der Waals surface area (Å²) in [5, 5.41) is 2.86. The van der Waals surface area contributed by atoms with Crippen molar-refractivity contribution in [3.05, 3.63) is 54.1 Å². The zero-order valence-corrected chi connectivity index (χ0v) is 13.8. The van der Waals surface area contributed by atoms with Crippen molar-refractivity contribution in [2.45, 2.75) is 13.8 Å². The van der Waals surface area contributed by atoms with Gasteiger partial charge in [-0.25, -0.2) is 0 Å². The summed E-state index contributed by atoms with van der Waals surface area (Å²) in [7, 11) is 0. The van der Waals surface area contributed by atoms with Gasteiger partial charge in [-0.15, -0.1) is 0 Å². The van der Waals surface area contributed by atoms with Gasteiger partial charge < -0.3 is 15.0 Å². The number of benzene rings is 2. The van der Waals surface area contributed by atoms with Crippen LogP contribution >= 0.6 is 0 Å². The molecule has 2 aromatic rings. The first-order valence-electron chi connectivity index (χ1n) is 7.94. The Morgan fingerprint density at radius 1 is 1.25 bits per heavy atom. The molecule has 0 unspecified atom stereocenters. The Kier molecular flexibility index (Phi) is 4.51. The van der Waals surface area contributed by atoms with Gasteiger partial charge in [0.25, 0.3) is 5.91 Å². The van der Waals surface area contributed by atoms with Gasteiger partial charge >= 0.3 is 0 Å². The number of nitrogens with one attached hydrogen (secondary N) is 1. The molecule has 0 spiro atoms. The molecule has 0 radical (unpaired) electrons. The Bertz CT molecular complexity index is 773. The second-order valence-electron chi connectivity index (χ2n) is 6.02. The molecule has 5 heteroatoms. The molecule has 2 amide bonds. The Morgan fingerprint density at radius 2 is 2.04 bits per heavy atom. The van der Waals surface area contributed by atoms with Gasteiger partial charge in [-0.1, -0.05) is 31.2 Å². The second-order valence-corrected chi connectivity index (χ2v) is 6.02. The number of nitrogens with zero attached hydrogens (tertiary/aromatic N) is 1. The summed E-state index contributed by atoms with van der Waals surface area (Å²) in [6.07, 6.45) is 0. The lowest BCUT2D eigenvalue weighted by molar-refractivity contribution is -0.121. The average molecular weight is 324 g/mol. The summed E-state index contributed by atoms with van der Waals surface area (Å²) in [5.74, 6) is 0.110. The quantitative estimate of drug-likeness (QED) is 0.944.